The van der Waals surface area contributed by atoms with Crippen LogP contribution in [0.1, 0.15) is 30.3 Å². The summed E-state index contributed by atoms with van der Waals surface area (Å²) in [5, 5.41) is 15.8. The number of aromatic hydroxyl groups is 1. The van der Waals surface area contributed by atoms with Crippen molar-refractivity contribution >= 4 is 5.91 Å². The Morgan fingerprint density at radius 1 is 1.67 bits per heavy atom. The molecule has 2 rings (SSSR count). The van der Waals surface area contributed by atoms with Crippen molar-refractivity contribution in [3.8, 4) is 5.75 Å². The second-order valence-corrected chi connectivity index (χ2v) is 4.74. The highest BCUT2D eigenvalue weighted by molar-refractivity contribution is 5.94. The maximum absolute atomic E-state index is 12.0. The van der Waals surface area contributed by atoms with Gasteiger partial charge in [0.1, 0.15) is 5.75 Å². The normalized spacial score (nSPS) is 21.3. The number of nitrogens with one attached hydrogen (secondary N) is 2. The molecule has 0 radical (unpaired) electrons. The fourth-order valence-electron chi connectivity index (χ4n) is 2.27. The van der Waals surface area contributed by atoms with Gasteiger partial charge in [-0.05, 0) is 50.9 Å². The van der Waals surface area contributed by atoms with Crippen LogP contribution >= 0.6 is 0 Å². The van der Waals surface area contributed by atoms with E-state index in [0.29, 0.717) is 5.92 Å². The van der Waals surface area contributed by atoms with Gasteiger partial charge in [-0.1, -0.05) is 0 Å². The number of aromatic nitrogens is 1. The topological polar surface area (TPSA) is 74.2 Å². The molecule has 5 heteroatoms. The third kappa shape index (κ3) is 2.98. The standard InChI is InChI=1S/C13H19N3O2/c1-9(10-4-2-6-14-8-10)16-13(18)12-11(17)5-3-7-15-12/h3,5,7,9-10,14,17H,2,4,6,8H2,1H3,(H,16,18). The molecule has 1 fully saturated rings. The van der Waals surface area contributed by atoms with Gasteiger partial charge < -0.3 is 15.7 Å². The van der Waals surface area contributed by atoms with Crippen LogP contribution in [0.3, 0.4) is 0 Å². The van der Waals surface area contributed by atoms with Crippen molar-refractivity contribution in [2.45, 2.75) is 25.8 Å². The van der Waals surface area contributed by atoms with Gasteiger partial charge in [-0.15, -0.1) is 0 Å². The second-order valence-electron chi connectivity index (χ2n) is 4.74. The van der Waals surface area contributed by atoms with E-state index in [1.54, 1.807) is 6.07 Å². The lowest BCUT2D eigenvalue weighted by Gasteiger charge is -2.28. The number of nitrogens with zero attached hydrogens (tertiary/aromatic N) is 1. The van der Waals surface area contributed by atoms with Gasteiger partial charge in [-0.3, -0.25) is 4.79 Å². The fraction of sp³-hybridized carbons (Fsp3) is 0.538. The summed E-state index contributed by atoms with van der Waals surface area (Å²) in [7, 11) is 0. The fourth-order valence-corrected chi connectivity index (χ4v) is 2.27. The minimum atomic E-state index is -0.314. The zero-order valence-corrected chi connectivity index (χ0v) is 10.5. The van der Waals surface area contributed by atoms with E-state index in [-0.39, 0.29) is 23.4 Å². The minimum Gasteiger partial charge on any atom is -0.505 e. The highest BCUT2D eigenvalue weighted by Crippen LogP contribution is 2.16. The molecule has 0 aromatic carbocycles. The number of hydrogen-bond acceptors (Lipinski definition) is 4. The van der Waals surface area contributed by atoms with Crippen molar-refractivity contribution in [1.29, 1.82) is 0 Å². The molecule has 0 saturated carbocycles. The first-order valence-electron chi connectivity index (χ1n) is 6.34. The van der Waals surface area contributed by atoms with Crippen LogP contribution < -0.4 is 10.6 Å². The molecule has 1 aliphatic rings. The van der Waals surface area contributed by atoms with E-state index in [1.807, 2.05) is 6.92 Å². The quantitative estimate of drug-likeness (QED) is 0.744. The number of carbonyl (C=O) groups is 1. The van der Waals surface area contributed by atoms with Gasteiger partial charge in [0, 0.05) is 12.2 Å². The summed E-state index contributed by atoms with van der Waals surface area (Å²) in [6, 6.07) is 3.14. The van der Waals surface area contributed by atoms with Gasteiger partial charge in [0.2, 0.25) is 0 Å². The highest BCUT2D eigenvalue weighted by atomic mass is 16.3. The Balaban J connectivity index is 1.96. The molecule has 2 heterocycles. The molecule has 0 spiro atoms. The summed E-state index contributed by atoms with van der Waals surface area (Å²) < 4.78 is 0. The molecular weight excluding hydrogens is 230 g/mol. The van der Waals surface area contributed by atoms with Crippen LogP contribution in [0.4, 0.5) is 0 Å². The third-order valence-corrected chi connectivity index (χ3v) is 3.40. The van der Waals surface area contributed by atoms with Crippen LogP contribution in [-0.2, 0) is 0 Å². The molecule has 18 heavy (non-hydrogen) atoms. The first-order valence-corrected chi connectivity index (χ1v) is 6.34. The molecule has 1 amide bonds. The van der Waals surface area contributed by atoms with E-state index in [1.165, 1.54) is 12.3 Å². The van der Waals surface area contributed by atoms with Gasteiger partial charge in [0.15, 0.2) is 5.69 Å². The Hall–Kier alpha value is -1.62. The Kier molecular flexibility index (Phi) is 4.15. The Bertz CT molecular complexity index is 416. The van der Waals surface area contributed by atoms with Crippen LogP contribution in [0.2, 0.25) is 0 Å². The second kappa shape index (κ2) is 5.82. The predicted molar refractivity (Wildman–Crippen MR) is 68.4 cm³/mol. The molecule has 0 bridgehead atoms. The first-order chi connectivity index (χ1) is 8.68. The van der Waals surface area contributed by atoms with E-state index < -0.39 is 0 Å². The zero-order chi connectivity index (χ0) is 13.0. The number of pyridine rings is 1. The lowest BCUT2D eigenvalue weighted by molar-refractivity contribution is 0.0914. The third-order valence-electron chi connectivity index (χ3n) is 3.40. The van der Waals surface area contributed by atoms with Gasteiger partial charge in [-0.2, -0.15) is 0 Å². The molecule has 5 nitrogen and oxygen atoms in total. The maximum atomic E-state index is 12.0. The van der Waals surface area contributed by atoms with Gasteiger partial charge in [0.05, 0.1) is 0 Å². The molecular formula is C13H19N3O2. The molecule has 1 saturated heterocycles. The SMILES string of the molecule is CC(NC(=O)c1ncccc1O)C1CCCNC1. The maximum Gasteiger partial charge on any atom is 0.273 e. The van der Waals surface area contributed by atoms with Crippen LogP contribution in [-0.4, -0.2) is 35.1 Å². The van der Waals surface area contributed by atoms with Crippen molar-refractivity contribution in [1.82, 2.24) is 15.6 Å². The molecule has 3 N–H and O–H groups in total. The summed E-state index contributed by atoms with van der Waals surface area (Å²) in [6.07, 6.45) is 3.75. The lowest BCUT2D eigenvalue weighted by Crippen LogP contribution is -2.44. The number of amides is 1. The minimum absolute atomic E-state index is 0.0757. The van der Waals surface area contributed by atoms with Crippen LogP contribution in [0.5, 0.6) is 5.75 Å². The molecule has 2 atom stereocenters. The van der Waals surface area contributed by atoms with E-state index in [2.05, 4.69) is 15.6 Å². The number of hydrogen-bond donors (Lipinski definition) is 3. The van der Waals surface area contributed by atoms with Crippen molar-refractivity contribution in [3.05, 3.63) is 24.0 Å². The Morgan fingerprint density at radius 2 is 2.50 bits per heavy atom. The van der Waals surface area contributed by atoms with Crippen molar-refractivity contribution in [2.24, 2.45) is 5.92 Å². The molecule has 2 unspecified atom stereocenters. The average molecular weight is 249 g/mol. The van der Waals surface area contributed by atoms with Crippen molar-refractivity contribution in [2.75, 3.05) is 13.1 Å². The molecule has 98 valence electrons. The van der Waals surface area contributed by atoms with Crippen LogP contribution in [0.25, 0.3) is 0 Å². The van der Waals surface area contributed by atoms with Gasteiger partial charge in [0.25, 0.3) is 5.91 Å². The number of rotatable bonds is 3. The predicted octanol–water partition coefficient (Wildman–Crippen LogP) is 0.905. The van der Waals surface area contributed by atoms with Gasteiger partial charge >= 0.3 is 0 Å². The summed E-state index contributed by atoms with van der Waals surface area (Å²) in [4.78, 5) is 15.9. The zero-order valence-electron chi connectivity index (χ0n) is 10.5. The van der Waals surface area contributed by atoms with Crippen LogP contribution in [0, 0.1) is 5.92 Å². The van der Waals surface area contributed by atoms with Crippen LogP contribution in [0.15, 0.2) is 18.3 Å². The highest BCUT2D eigenvalue weighted by Gasteiger charge is 2.22. The van der Waals surface area contributed by atoms with Crippen molar-refractivity contribution in [3.63, 3.8) is 0 Å². The Labute approximate surface area is 107 Å². The van der Waals surface area contributed by atoms with Crippen molar-refractivity contribution < 1.29 is 9.90 Å². The molecule has 1 aromatic rings. The lowest BCUT2D eigenvalue weighted by atomic mass is 9.93. The van der Waals surface area contributed by atoms with E-state index in [4.69, 9.17) is 0 Å². The monoisotopic (exact) mass is 249 g/mol. The summed E-state index contributed by atoms with van der Waals surface area (Å²) in [6.45, 7) is 3.98. The summed E-state index contributed by atoms with van der Waals surface area (Å²) in [5.41, 5.74) is 0.0909. The number of carbonyl (C=O) groups excluding carboxylic acids is 1. The molecule has 1 aliphatic heterocycles. The molecule has 1 aromatic heterocycles. The van der Waals surface area contributed by atoms with Gasteiger partial charge in [-0.25, -0.2) is 4.98 Å². The average Bonchev–Trinajstić information content (AvgIpc) is 2.40. The van der Waals surface area contributed by atoms with E-state index in [0.717, 1.165) is 25.9 Å². The van der Waals surface area contributed by atoms with E-state index >= 15 is 0 Å². The van der Waals surface area contributed by atoms with E-state index in [9.17, 15) is 9.90 Å². The Morgan fingerprint density at radius 3 is 3.17 bits per heavy atom. The largest absolute Gasteiger partial charge is 0.505 e. The smallest absolute Gasteiger partial charge is 0.273 e. The summed E-state index contributed by atoms with van der Waals surface area (Å²) >= 11 is 0. The number of piperidine rings is 1. The summed E-state index contributed by atoms with van der Waals surface area (Å²) in [5.74, 6) is 0.0451. The molecule has 0 aliphatic carbocycles. The first kappa shape index (κ1) is 12.8.